The van der Waals surface area contributed by atoms with E-state index >= 15 is 0 Å². The Hall–Kier alpha value is -1.56. The van der Waals surface area contributed by atoms with Crippen LogP contribution in [0.15, 0.2) is 10.5 Å². The normalized spacial score (nSPS) is 15.8. The molecule has 0 bridgehead atoms. The van der Waals surface area contributed by atoms with Crippen molar-refractivity contribution in [2.75, 3.05) is 18.6 Å². The van der Waals surface area contributed by atoms with Crippen LogP contribution in [-0.2, 0) is 10.2 Å². The van der Waals surface area contributed by atoms with Crippen molar-refractivity contribution in [3.05, 3.63) is 21.7 Å². The van der Waals surface area contributed by atoms with E-state index in [2.05, 4.69) is 42.0 Å². The minimum absolute atomic E-state index is 0.140. The Labute approximate surface area is 139 Å². The summed E-state index contributed by atoms with van der Waals surface area (Å²) in [7, 11) is 1.64. The fourth-order valence-electron chi connectivity index (χ4n) is 2.54. The Balaban J connectivity index is 2.60. The topological polar surface area (TPSA) is 58.6 Å². The molecule has 6 heteroatoms. The number of amides is 3. The van der Waals surface area contributed by atoms with E-state index in [4.69, 9.17) is 4.74 Å². The van der Waals surface area contributed by atoms with Gasteiger partial charge in [0.2, 0.25) is 5.91 Å². The van der Waals surface area contributed by atoms with Crippen LogP contribution in [0.25, 0.3) is 0 Å². The van der Waals surface area contributed by atoms with Gasteiger partial charge in [-0.25, -0.2) is 4.79 Å². The van der Waals surface area contributed by atoms with Crippen LogP contribution in [-0.4, -0.2) is 25.6 Å². The highest BCUT2D eigenvalue weighted by atomic mass is 79.9. The van der Waals surface area contributed by atoms with Gasteiger partial charge in [0.1, 0.15) is 5.75 Å². The second-order valence-corrected chi connectivity index (χ2v) is 7.21. The smallest absolute Gasteiger partial charge is 0.328 e. The third-order valence-electron chi connectivity index (χ3n) is 3.80. The molecule has 0 aliphatic carbocycles. The van der Waals surface area contributed by atoms with Gasteiger partial charge in [0, 0.05) is 18.5 Å². The highest BCUT2D eigenvalue weighted by molar-refractivity contribution is 9.10. The first kappa shape index (κ1) is 16.8. The average Bonchev–Trinajstić information content (AvgIpc) is 2.41. The maximum Gasteiger partial charge on any atom is 0.328 e. The van der Waals surface area contributed by atoms with Crippen LogP contribution in [0.1, 0.15) is 38.3 Å². The Morgan fingerprint density at radius 3 is 2.45 bits per heavy atom. The molecule has 22 heavy (non-hydrogen) atoms. The molecule has 1 aliphatic rings. The van der Waals surface area contributed by atoms with Crippen LogP contribution < -0.4 is 15.0 Å². The zero-order valence-corrected chi connectivity index (χ0v) is 15.1. The molecule has 0 saturated carbocycles. The van der Waals surface area contributed by atoms with Gasteiger partial charge < -0.3 is 4.74 Å². The van der Waals surface area contributed by atoms with Crippen molar-refractivity contribution in [1.29, 1.82) is 0 Å². The average molecular weight is 369 g/mol. The molecule has 1 aromatic rings. The molecule has 0 aromatic heterocycles. The standard InChI is InChI=1S/C16H21BrN2O3/c1-9-11(19-7-6-12(20)18-15(19)21)8-10(16(2,3)4)14(22-5)13(9)17/h8H,6-7H2,1-5H3,(H,18,20,21). The summed E-state index contributed by atoms with van der Waals surface area (Å²) in [5, 5.41) is 2.36. The van der Waals surface area contributed by atoms with E-state index in [1.54, 1.807) is 12.0 Å². The molecule has 1 aromatic carbocycles. The fourth-order valence-corrected chi connectivity index (χ4v) is 3.12. The zero-order valence-electron chi connectivity index (χ0n) is 13.5. The van der Waals surface area contributed by atoms with Crippen LogP contribution >= 0.6 is 15.9 Å². The lowest BCUT2D eigenvalue weighted by Gasteiger charge is -2.31. The second-order valence-electron chi connectivity index (χ2n) is 6.42. The van der Waals surface area contributed by atoms with Crippen molar-refractivity contribution in [2.45, 2.75) is 39.5 Å². The van der Waals surface area contributed by atoms with E-state index < -0.39 is 0 Å². The molecule has 1 aliphatic heterocycles. The number of nitrogens with zero attached hydrogens (tertiary/aromatic N) is 1. The number of carbonyl (C=O) groups excluding carboxylic acids is 2. The van der Waals surface area contributed by atoms with Crippen molar-refractivity contribution < 1.29 is 14.3 Å². The monoisotopic (exact) mass is 368 g/mol. The van der Waals surface area contributed by atoms with Gasteiger partial charge >= 0.3 is 6.03 Å². The van der Waals surface area contributed by atoms with Crippen LogP contribution in [0.3, 0.4) is 0 Å². The molecule has 1 N–H and O–H groups in total. The fraction of sp³-hybridized carbons (Fsp3) is 0.500. The molecule has 120 valence electrons. The summed E-state index contributed by atoms with van der Waals surface area (Å²) in [6.45, 7) is 8.59. The van der Waals surface area contributed by atoms with Gasteiger partial charge in [-0.3, -0.25) is 15.0 Å². The number of benzene rings is 1. The van der Waals surface area contributed by atoms with Gasteiger partial charge in [0.15, 0.2) is 0 Å². The van der Waals surface area contributed by atoms with Crippen molar-refractivity contribution in [2.24, 2.45) is 0 Å². The molecule has 1 fully saturated rings. The lowest BCUT2D eigenvalue weighted by atomic mass is 9.85. The van der Waals surface area contributed by atoms with Crippen LogP contribution in [0.5, 0.6) is 5.75 Å². The molecule has 0 unspecified atom stereocenters. The highest BCUT2D eigenvalue weighted by Crippen LogP contribution is 2.43. The summed E-state index contributed by atoms with van der Waals surface area (Å²) in [4.78, 5) is 25.1. The zero-order chi connectivity index (χ0) is 16.7. The number of anilines is 1. The minimum Gasteiger partial charge on any atom is -0.495 e. The maximum absolute atomic E-state index is 12.1. The van der Waals surface area contributed by atoms with E-state index in [0.29, 0.717) is 13.0 Å². The summed E-state index contributed by atoms with van der Waals surface area (Å²) in [5.41, 5.74) is 2.57. The van der Waals surface area contributed by atoms with Gasteiger partial charge in [-0.15, -0.1) is 0 Å². The lowest BCUT2D eigenvalue weighted by Crippen LogP contribution is -2.49. The molecule has 5 nitrogen and oxygen atoms in total. The lowest BCUT2D eigenvalue weighted by molar-refractivity contribution is -0.120. The summed E-state index contributed by atoms with van der Waals surface area (Å²) in [5.74, 6) is 0.546. The van der Waals surface area contributed by atoms with E-state index in [1.807, 2.05) is 13.0 Å². The Morgan fingerprint density at radius 2 is 1.95 bits per heavy atom. The van der Waals surface area contributed by atoms with E-state index in [9.17, 15) is 9.59 Å². The molecular weight excluding hydrogens is 348 g/mol. The van der Waals surface area contributed by atoms with Crippen molar-refractivity contribution in [1.82, 2.24) is 5.32 Å². The molecule has 1 saturated heterocycles. The number of ether oxygens (including phenoxy) is 1. The Bertz CT molecular complexity index is 635. The number of hydrogen-bond acceptors (Lipinski definition) is 3. The quantitative estimate of drug-likeness (QED) is 0.868. The Kier molecular flexibility index (Phi) is 4.52. The van der Waals surface area contributed by atoms with Gasteiger partial charge in [-0.2, -0.15) is 0 Å². The minimum atomic E-state index is -0.378. The second kappa shape index (κ2) is 5.91. The molecule has 0 spiro atoms. The van der Waals surface area contributed by atoms with E-state index in [1.165, 1.54) is 0 Å². The molecule has 2 rings (SSSR count). The molecule has 1 heterocycles. The number of carbonyl (C=O) groups is 2. The van der Waals surface area contributed by atoms with E-state index in [0.717, 1.165) is 27.0 Å². The van der Waals surface area contributed by atoms with Crippen molar-refractivity contribution >= 4 is 33.6 Å². The molecule has 0 radical (unpaired) electrons. The first-order chi connectivity index (χ1) is 10.2. The Morgan fingerprint density at radius 1 is 1.32 bits per heavy atom. The van der Waals surface area contributed by atoms with Crippen LogP contribution in [0, 0.1) is 6.92 Å². The predicted molar refractivity (Wildman–Crippen MR) is 89.6 cm³/mol. The number of urea groups is 1. The number of methoxy groups -OCH3 is 1. The third-order valence-corrected chi connectivity index (χ3v) is 4.75. The van der Waals surface area contributed by atoms with Crippen LogP contribution in [0.2, 0.25) is 0 Å². The number of rotatable bonds is 2. The van der Waals surface area contributed by atoms with Crippen LogP contribution in [0.4, 0.5) is 10.5 Å². The SMILES string of the molecule is COc1c(C(C)(C)C)cc(N2CCC(=O)NC2=O)c(C)c1Br. The summed E-state index contributed by atoms with van der Waals surface area (Å²) in [6.07, 6.45) is 0.305. The van der Waals surface area contributed by atoms with Crippen molar-refractivity contribution in [3.8, 4) is 5.75 Å². The van der Waals surface area contributed by atoms with E-state index in [-0.39, 0.29) is 17.4 Å². The molecular formula is C16H21BrN2O3. The number of halogens is 1. The first-order valence-electron chi connectivity index (χ1n) is 7.15. The molecule has 3 amide bonds. The maximum atomic E-state index is 12.1. The molecule has 0 atom stereocenters. The van der Waals surface area contributed by atoms with Gasteiger partial charge in [-0.1, -0.05) is 20.8 Å². The number of hydrogen-bond donors (Lipinski definition) is 1. The van der Waals surface area contributed by atoms with Gasteiger partial charge in [-0.05, 0) is 39.9 Å². The van der Waals surface area contributed by atoms with Gasteiger partial charge in [0.05, 0.1) is 17.3 Å². The first-order valence-corrected chi connectivity index (χ1v) is 7.95. The summed E-state index contributed by atoms with van der Waals surface area (Å²) >= 11 is 3.58. The predicted octanol–water partition coefficient (Wildman–Crippen LogP) is 3.51. The third kappa shape index (κ3) is 2.97. The largest absolute Gasteiger partial charge is 0.495 e. The summed E-state index contributed by atoms with van der Waals surface area (Å²) in [6, 6.07) is 1.60. The number of nitrogens with one attached hydrogen (secondary N) is 1. The summed E-state index contributed by atoms with van der Waals surface area (Å²) < 4.78 is 6.38. The van der Waals surface area contributed by atoms with Gasteiger partial charge in [0.25, 0.3) is 0 Å². The highest BCUT2D eigenvalue weighted by Gasteiger charge is 2.30. The number of imide groups is 1. The van der Waals surface area contributed by atoms with Crippen molar-refractivity contribution in [3.63, 3.8) is 0 Å².